The molecule has 0 spiro atoms. The Morgan fingerprint density at radius 2 is 1.96 bits per heavy atom. The van der Waals surface area contributed by atoms with E-state index in [1.165, 1.54) is 11.8 Å². The lowest BCUT2D eigenvalue weighted by molar-refractivity contribution is 0.282. The molecule has 0 bridgehead atoms. The van der Waals surface area contributed by atoms with E-state index in [9.17, 15) is 9.50 Å². The first-order valence-electron chi connectivity index (χ1n) is 8.00. The number of aromatic nitrogens is 1. The first-order valence-corrected chi connectivity index (χ1v) is 8.00. The largest absolute Gasteiger partial charge is 0.392 e. The molecule has 1 aromatic carbocycles. The Balaban J connectivity index is 2.24. The van der Waals surface area contributed by atoms with Crippen molar-refractivity contribution in [3.05, 3.63) is 59.2 Å². The maximum Gasteiger partial charge on any atom is 0.149 e. The number of benzene rings is 1. The van der Waals surface area contributed by atoms with Crippen LogP contribution in [0.25, 0.3) is 16.7 Å². The molecule has 0 aliphatic heterocycles. The molecule has 0 saturated carbocycles. The number of halogens is 1. The van der Waals surface area contributed by atoms with Crippen molar-refractivity contribution < 1.29 is 9.50 Å². The van der Waals surface area contributed by atoms with Gasteiger partial charge in [-0.15, -0.1) is 0 Å². The van der Waals surface area contributed by atoms with Gasteiger partial charge < -0.3 is 5.11 Å². The van der Waals surface area contributed by atoms with Crippen molar-refractivity contribution in [1.82, 2.24) is 4.98 Å². The van der Waals surface area contributed by atoms with E-state index in [2.05, 4.69) is 24.9 Å². The van der Waals surface area contributed by atoms with Crippen LogP contribution in [0.1, 0.15) is 43.5 Å². The third kappa shape index (κ3) is 2.93. The van der Waals surface area contributed by atoms with Gasteiger partial charge >= 0.3 is 0 Å². The van der Waals surface area contributed by atoms with Crippen molar-refractivity contribution in [1.29, 1.82) is 0 Å². The predicted molar refractivity (Wildman–Crippen MR) is 91.3 cm³/mol. The number of aliphatic hydroxyl groups is 1. The second-order valence-corrected chi connectivity index (χ2v) is 6.88. The summed E-state index contributed by atoms with van der Waals surface area (Å²) in [5, 5.41) is 9.49. The van der Waals surface area contributed by atoms with Gasteiger partial charge in [0.25, 0.3) is 0 Å². The normalized spacial score (nSPS) is 16.5. The van der Waals surface area contributed by atoms with Crippen LogP contribution in [0.4, 0.5) is 4.39 Å². The van der Waals surface area contributed by atoms with Gasteiger partial charge in [-0.3, -0.25) is 4.98 Å². The van der Waals surface area contributed by atoms with Crippen LogP contribution >= 0.6 is 0 Å². The molecule has 0 atom stereocenters. The van der Waals surface area contributed by atoms with Gasteiger partial charge in [0, 0.05) is 11.3 Å². The lowest BCUT2D eigenvalue weighted by Gasteiger charge is -2.25. The SMILES string of the molecule is Cc1cc(-c2ccc(CO)cc2C2=CCCC2(C)C)c(F)cn1. The highest BCUT2D eigenvalue weighted by molar-refractivity contribution is 5.84. The van der Waals surface area contributed by atoms with Crippen molar-refractivity contribution in [2.45, 2.75) is 40.2 Å². The predicted octanol–water partition coefficient (Wildman–Crippen LogP) is 4.89. The smallest absolute Gasteiger partial charge is 0.149 e. The van der Waals surface area contributed by atoms with Crippen LogP contribution in [-0.4, -0.2) is 10.1 Å². The Kier molecular flexibility index (Phi) is 4.07. The number of hydrogen-bond donors (Lipinski definition) is 1. The molecule has 1 N–H and O–H groups in total. The second kappa shape index (κ2) is 5.89. The summed E-state index contributed by atoms with van der Waals surface area (Å²) >= 11 is 0. The molecule has 1 heterocycles. The van der Waals surface area contributed by atoms with E-state index in [0.29, 0.717) is 5.56 Å². The molecule has 0 fully saturated rings. The number of rotatable bonds is 3. The number of pyridine rings is 1. The first-order chi connectivity index (χ1) is 10.9. The number of aryl methyl sites for hydroxylation is 1. The van der Waals surface area contributed by atoms with Crippen LogP contribution in [0, 0.1) is 18.2 Å². The second-order valence-electron chi connectivity index (χ2n) is 6.88. The van der Waals surface area contributed by atoms with E-state index < -0.39 is 0 Å². The Morgan fingerprint density at radius 3 is 2.61 bits per heavy atom. The molecule has 2 aromatic rings. The molecule has 1 aliphatic carbocycles. The fraction of sp³-hybridized carbons (Fsp3) is 0.350. The van der Waals surface area contributed by atoms with Gasteiger partial charge in [0.15, 0.2) is 0 Å². The van der Waals surface area contributed by atoms with E-state index in [0.717, 1.165) is 35.2 Å². The monoisotopic (exact) mass is 311 g/mol. The van der Waals surface area contributed by atoms with Crippen molar-refractivity contribution in [2.75, 3.05) is 0 Å². The van der Waals surface area contributed by atoms with Gasteiger partial charge in [0.05, 0.1) is 12.8 Å². The summed E-state index contributed by atoms with van der Waals surface area (Å²) in [6.45, 7) is 6.28. The highest BCUT2D eigenvalue weighted by atomic mass is 19.1. The van der Waals surface area contributed by atoms with Gasteiger partial charge in [0.2, 0.25) is 0 Å². The minimum Gasteiger partial charge on any atom is -0.392 e. The van der Waals surface area contributed by atoms with Crippen molar-refractivity contribution >= 4 is 5.57 Å². The minimum atomic E-state index is -0.315. The molecule has 2 nitrogen and oxygen atoms in total. The summed E-state index contributed by atoms with van der Waals surface area (Å²) in [7, 11) is 0. The molecular weight excluding hydrogens is 289 g/mol. The average molecular weight is 311 g/mol. The Bertz CT molecular complexity index is 777. The number of allylic oxidation sites excluding steroid dienone is 2. The van der Waals surface area contributed by atoms with E-state index >= 15 is 0 Å². The Labute approximate surface area is 136 Å². The summed E-state index contributed by atoms with van der Waals surface area (Å²) in [6, 6.07) is 7.54. The Morgan fingerprint density at radius 1 is 1.17 bits per heavy atom. The quantitative estimate of drug-likeness (QED) is 0.875. The fourth-order valence-corrected chi connectivity index (χ4v) is 3.36. The van der Waals surface area contributed by atoms with Gasteiger partial charge in [-0.1, -0.05) is 32.1 Å². The molecule has 0 saturated heterocycles. The number of hydrogen-bond acceptors (Lipinski definition) is 2. The van der Waals surface area contributed by atoms with Crippen LogP contribution in [-0.2, 0) is 6.61 Å². The standard InChI is InChI=1S/C20H22FNO/c1-13-9-17(19(21)11-22-13)15-7-6-14(12-23)10-16(15)18-5-4-8-20(18,2)3/h5-7,9-11,23H,4,8,12H2,1-3H3. The van der Waals surface area contributed by atoms with Gasteiger partial charge in [-0.2, -0.15) is 0 Å². The Hall–Kier alpha value is -2.00. The fourth-order valence-electron chi connectivity index (χ4n) is 3.36. The third-order valence-corrected chi connectivity index (χ3v) is 4.69. The summed E-state index contributed by atoms with van der Waals surface area (Å²) < 4.78 is 14.4. The summed E-state index contributed by atoms with van der Waals surface area (Å²) in [4.78, 5) is 4.02. The van der Waals surface area contributed by atoms with Crippen LogP contribution in [0.5, 0.6) is 0 Å². The van der Waals surface area contributed by atoms with Crippen LogP contribution in [0.3, 0.4) is 0 Å². The zero-order chi connectivity index (χ0) is 16.6. The summed E-state index contributed by atoms with van der Waals surface area (Å²) in [6.07, 6.45) is 5.64. The van der Waals surface area contributed by atoms with Crippen LogP contribution < -0.4 is 0 Å². The van der Waals surface area contributed by atoms with E-state index in [-0.39, 0.29) is 17.8 Å². The van der Waals surface area contributed by atoms with E-state index in [1.54, 1.807) is 6.07 Å². The van der Waals surface area contributed by atoms with Crippen molar-refractivity contribution in [3.8, 4) is 11.1 Å². The van der Waals surface area contributed by atoms with E-state index in [4.69, 9.17) is 0 Å². The zero-order valence-electron chi connectivity index (χ0n) is 13.9. The molecule has 3 heteroatoms. The maximum atomic E-state index is 14.4. The van der Waals surface area contributed by atoms with Crippen LogP contribution in [0.15, 0.2) is 36.5 Å². The molecule has 1 aromatic heterocycles. The van der Waals surface area contributed by atoms with Gasteiger partial charge in [0.1, 0.15) is 5.82 Å². The number of aliphatic hydroxyl groups excluding tert-OH is 1. The molecule has 0 radical (unpaired) electrons. The molecule has 23 heavy (non-hydrogen) atoms. The van der Waals surface area contributed by atoms with E-state index in [1.807, 2.05) is 25.1 Å². The molecule has 3 rings (SSSR count). The lowest BCUT2D eigenvalue weighted by atomic mass is 9.79. The summed E-state index contributed by atoms with van der Waals surface area (Å²) in [5.41, 5.74) is 5.38. The molecule has 0 unspecified atom stereocenters. The highest BCUT2D eigenvalue weighted by Crippen LogP contribution is 2.47. The molecule has 1 aliphatic rings. The van der Waals surface area contributed by atoms with Crippen LogP contribution in [0.2, 0.25) is 0 Å². The molecule has 120 valence electrons. The minimum absolute atomic E-state index is 0.0150. The van der Waals surface area contributed by atoms with Crippen molar-refractivity contribution in [2.24, 2.45) is 5.41 Å². The molecular formula is C20H22FNO. The molecule has 0 amide bonds. The number of nitrogens with zero attached hydrogens (tertiary/aromatic N) is 1. The zero-order valence-corrected chi connectivity index (χ0v) is 13.9. The van der Waals surface area contributed by atoms with Crippen molar-refractivity contribution in [3.63, 3.8) is 0 Å². The average Bonchev–Trinajstić information content (AvgIpc) is 2.88. The lowest BCUT2D eigenvalue weighted by Crippen LogP contribution is -2.10. The van der Waals surface area contributed by atoms with Gasteiger partial charge in [-0.25, -0.2) is 4.39 Å². The third-order valence-electron chi connectivity index (χ3n) is 4.69. The first kappa shape index (κ1) is 15.9. The summed E-state index contributed by atoms with van der Waals surface area (Å²) in [5.74, 6) is -0.315. The highest BCUT2D eigenvalue weighted by Gasteiger charge is 2.30. The van der Waals surface area contributed by atoms with Gasteiger partial charge in [-0.05, 0) is 59.6 Å². The topological polar surface area (TPSA) is 33.1 Å². The maximum absolute atomic E-state index is 14.4.